The molecule has 3 rings (SSSR count). The molecule has 1 heterocycles. The van der Waals surface area contributed by atoms with Gasteiger partial charge in [-0.15, -0.1) is 0 Å². The highest BCUT2D eigenvalue weighted by Gasteiger charge is 2.42. The van der Waals surface area contributed by atoms with Crippen LogP contribution in [0.5, 0.6) is 0 Å². The minimum Gasteiger partial charge on any atom is -0.390 e. The summed E-state index contributed by atoms with van der Waals surface area (Å²) in [6.45, 7) is 4.88. The molecule has 4 unspecified atom stereocenters. The zero-order valence-corrected chi connectivity index (χ0v) is 15.1. The number of rotatable bonds is 4. The number of fused-ring (bicyclic) bond motifs is 1. The Morgan fingerprint density at radius 1 is 1.16 bits per heavy atom. The number of aliphatic hydroxyl groups is 3. The van der Waals surface area contributed by atoms with Crippen molar-refractivity contribution in [1.82, 2.24) is 4.90 Å². The number of carbonyl (C=O) groups is 1. The molecular weight excluding hydrogens is 318 g/mol. The second kappa shape index (κ2) is 7.06. The van der Waals surface area contributed by atoms with E-state index in [0.29, 0.717) is 37.9 Å². The monoisotopic (exact) mass is 347 g/mol. The summed E-state index contributed by atoms with van der Waals surface area (Å²) >= 11 is 0. The molecule has 1 aliphatic heterocycles. The van der Waals surface area contributed by atoms with Gasteiger partial charge in [-0.2, -0.15) is 0 Å². The summed E-state index contributed by atoms with van der Waals surface area (Å²) in [5.74, 6) is 0.574. The van der Waals surface area contributed by atoms with Crippen molar-refractivity contribution in [2.24, 2.45) is 11.8 Å². The number of amides is 1. The molecule has 0 aromatic heterocycles. The summed E-state index contributed by atoms with van der Waals surface area (Å²) in [5, 5.41) is 29.6. The summed E-state index contributed by atoms with van der Waals surface area (Å²) in [7, 11) is 0. The lowest BCUT2D eigenvalue weighted by atomic mass is 9.79. The Bertz CT molecular complexity index is 606. The minimum absolute atomic E-state index is 0.0171. The zero-order valence-electron chi connectivity index (χ0n) is 15.1. The predicted octanol–water partition coefficient (Wildman–Crippen LogP) is 1.59. The van der Waals surface area contributed by atoms with Crippen LogP contribution in [-0.4, -0.2) is 57.0 Å². The first-order valence-electron chi connectivity index (χ1n) is 9.19. The molecule has 138 valence electrons. The van der Waals surface area contributed by atoms with Crippen LogP contribution in [0.15, 0.2) is 24.3 Å². The van der Waals surface area contributed by atoms with Gasteiger partial charge in [-0.05, 0) is 69.1 Å². The van der Waals surface area contributed by atoms with Crippen LogP contribution in [0.25, 0.3) is 0 Å². The van der Waals surface area contributed by atoms with E-state index in [-0.39, 0.29) is 17.7 Å². The summed E-state index contributed by atoms with van der Waals surface area (Å²) < 4.78 is 0. The third kappa shape index (κ3) is 4.40. The molecule has 0 spiro atoms. The molecule has 25 heavy (non-hydrogen) atoms. The first kappa shape index (κ1) is 18.4. The van der Waals surface area contributed by atoms with E-state index in [1.54, 1.807) is 13.8 Å². The number of carbonyl (C=O) groups excluding carboxylic acids is 1. The SMILES string of the molecule is CC(C)(O)CCc1cccc(C(=O)N2CC3CC(O)C(O)CC3C2)c1. The van der Waals surface area contributed by atoms with Gasteiger partial charge in [-0.25, -0.2) is 0 Å². The van der Waals surface area contributed by atoms with Crippen LogP contribution >= 0.6 is 0 Å². The maximum Gasteiger partial charge on any atom is 0.253 e. The van der Waals surface area contributed by atoms with E-state index in [0.717, 1.165) is 12.0 Å². The van der Waals surface area contributed by atoms with E-state index in [1.165, 1.54) is 0 Å². The van der Waals surface area contributed by atoms with E-state index in [1.807, 2.05) is 29.2 Å². The molecule has 3 N–H and O–H groups in total. The Kier molecular flexibility index (Phi) is 5.19. The van der Waals surface area contributed by atoms with E-state index >= 15 is 0 Å². The highest BCUT2D eigenvalue weighted by molar-refractivity contribution is 5.94. The molecule has 1 aliphatic carbocycles. The molecule has 1 saturated heterocycles. The standard InChI is InChI=1S/C20H29NO4/c1-20(2,25)7-6-13-4-3-5-14(8-13)19(24)21-11-15-9-17(22)18(23)10-16(15)12-21/h3-5,8,15-18,22-23,25H,6-7,9-12H2,1-2H3. The van der Waals surface area contributed by atoms with Gasteiger partial charge in [0.1, 0.15) is 0 Å². The molecule has 2 fully saturated rings. The fourth-order valence-electron chi connectivity index (χ4n) is 4.07. The van der Waals surface area contributed by atoms with Crippen LogP contribution in [0.4, 0.5) is 0 Å². The number of nitrogens with zero attached hydrogens (tertiary/aromatic N) is 1. The smallest absolute Gasteiger partial charge is 0.253 e. The largest absolute Gasteiger partial charge is 0.390 e. The van der Waals surface area contributed by atoms with E-state index in [4.69, 9.17) is 0 Å². The molecule has 2 aliphatic rings. The Labute approximate surface area is 149 Å². The van der Waals surface area contributed by atoms with Crippen LogP contribution in [0.2, 0.25) is 0 Å². The first-order valence-corrected chi connectivity index (χ1v) is 9.19. The van der Waals surface area contributed by atoms with Crippen molar-refractivity contribution >= 4 is 5.91 Å². The third-order valence-corrected chi connectivity index (χ3v) is 5.60. The summed E-state index contributed by atoms with van der Waals surface area (Å²) in [5.41, 5.74) is 1.01. The first-order chi connectivity index (χ1) is 11.7. The van der Waals surface area contributed by atoms with E-state index in [9.17, 15) is 20.1 Å². The van der Waals surface area contributed by atoms with Crippen molar-refractivity contribution in [3.8, 4) is 0 Å². The zero-order chi connectivity index (χ0) is 18.2. The van der Waals surface area contributed by atoms with Crippen LogP contribution in [0, 0.1) is 11.8 Å². The van der Waals surface area contributed by atoms with Crippen molar-refractivity contribution in [2.75, 3.05) is 13.1 Å². The lowest BCUT2D eigenvalue weighted by Gasteiger charge is -2.31. The van der Waals surface area contributed by atoms with Crippen molar-refractivity contribution in [3.05, 3.63) is 35.4 Å². The molecule has 4 atom stereocenters. The normalized spacial score (nSPS) is 29.6. The average Bonchev–Trinajstić information content (AvgIpc) is 2.95. The Hall–Kier alpha value is -1.43. The molecular formula is C20H29NO4. The Balaban J connectivity index is 1.66. The van der Waals surface area contributed by atoms with Crippen molar-refractivity contribution in [1.29, 1.82) is 0 Å². The average molecular weight is 347 g/mol. The fraction of sp³-hybridized carbons (Fsp3) is 0.650. The maximum absolute atomic E-state index is 12.9. The number of hydrogen-bond acceptors (Lipinski definition) is 4. The van der Waals surface area contributed by atoms with Gasteiger partial charge in [0, 0.05) is 18.7 Å². The highest BCUT2D eigenvalue weighted by Crippen LogP contribution is 2.37. The van der Waals surface area contributed by atoms with Gasteiger partial charge in [-0.3, -0.25) is 4.79 Å². The number of benzene rings is 1. The van der Waals surface area contributed by atoms with E-state index < -0.39 is 17.8 Å². The molecule has 1 saturated carbocycles. The van der Waals surface area contributed by atoms with Crippen molar-refractivity contribution in [3.63, 3.8) is 0 Å². The number of aliphatic hydroxyl groups excluding tert-OH is 2. The molecule has 0 radical (unpaired) electrons. The summed E-state index contributed by atoms with van der Waals surface area (Å²) in [6.07, 6.45) is 1.19. The number of aryl methyl sites for hydroxylation is 1. The number of hydrogen-bond donors (Lipinski definition) is 3. The van der Waals surface area contributed by atoms with Crippen molar-refractivity contribution in [2.45, 2.75) is 57.3 Å². The van der Waals surface area contributed by atoms with Gasteiger partial charge in [0.05, 0.1) is 17.8 Å². The van der Waals surface area contributed by atoms with Gasteiger partial charge in [0.2, 0.25) is 0 Å². The van der Waals surface area contributed by atoms with Crippen LogP contribution in [0.3, 0.4) is 0 Å². The lowest BCUT2D eigenvalue weighted by Crippen LogP contribution is -2.38. The quantitative estimate of drug-likeness (QED) is 0.773. The van der Waals surface area contributed by atoms with Crippen molar-refractivity contribution < 1.29 is 20.1 Å². The molecule has 1 amide bonds. The van der Waals surface area contributed by atoms with Crippen LogP contribution in [-0.2, 0) is 6.42 Å². The van der Waals surface area contributed by atoms with E-state index in [2.05, 4.69) is 0 Å². The van der Waals surface area contributed by atoms with Crippen LogP contribution < -0.4 is 0 Å². The molecule has 5 heteroatoms. The van der Waals surface area contributed by atoms with Gasteiger partial charge in [-0.1, -0.05) is 12.1 Å². The minimum atomic E-state index is -0.716. The fourth-order valence-corrected chi connectivity index (χ4v) is 4.07. The predicted molar refractivity (Wildman–Crippen MR) is 95.2 cm³/mol. The second-order valence-corrected chi connectivity index (χ2v) is 8.35. The Morgan fingerprint density at radius 3 is 2.32 bits per heavy atom. The molecule has 5 nitrogen and oxygen atoms in total. The van der Waals surface area contributed by atoms with Gasteiger partial charge in [0.15, 0.2) is 0 Å². The molecule has 1 aromatic rings. The maximum atomic E-state index is 12.9. The molecule has 1 aromatic carbocycles. The Morgan fingerprint density at radius 2 is 1.76 bits per heavy atom. The van der Waals surface area contributed by atoms with Gasteiger partial charge >= 0.3 is 0 Å². The molecule has 0 bridgehead atoms. The topological polar surface area (TPSA) is 81.0 Å². The highest BCUT2D eigenvalue weighted by atomic mass is 16.3. The van der Waals surface area contributed by atoms with Gasteiger partial charge in [0.25, 0.3) is 5.91 Å². The van der Waals surface area contributed by atoms with Gasteiger partial charge < -0.3 is 20.2 Å². The number of likely N-dealkylation sites (tertiary alicyclic amines) is 1. The summed E-state index contributed by atoms with van der Waals surface area (Å²) in [6, 6.07) is 7.63. The summed E-state index contributed by atoms with van der Waals surface area (Å²) in [4.78, 5) is 14.7. The lowest BCUT2D eigenvalue weighted by molar-refractivity contribution is -0.0372. The van der Waals surface area contributed by atoms with Crippen LogP contribution in [0.1, 0.15) is 49.0 Å². The third-order valence-electron chi connectivity index (χ3n) is 5.60. The second-order valence-electron chi connectivity index (χ2n) is 8.35.